The Morgan fingerprint density at radius 2 is 1.57 bits per heavy atom. The van der Waals surface area contributed by atoms with Crippen LogP contribution in [0.3, 0.4) is 0 Å². The summed E-state index contributed by atoms with van der Waals surface area (Å²) in [5, 5.41) is 2.52. The number of pyridine rings is 1. The molecule has 0 saturated heterocycles. The number of Topliss-reactive ketones (excluding diaryl/α,β-unsaturated/α-hetero) is 1. The fraction of sp³-hybridized carbons (Fsp3) is 0.240. The summed E-state index contributed by atoms with van der Waals surface area (Å²) in [5.74, 6) is -3.03. The van der Waals surface area contributed by atoms with Gasteiger partial charge in [-0.1, -0.05) is 22.0 Å². The average molecular weight is 696 g/mol. The summed E-state index contributed by atoms with van der Waals surface area (Å²) >= 11 is 2.65. The lowest BCUT2D eigenvalue weighted by Crippen LogP contribution is -3.00. The van der Waals surface area contributed by atoms with E-state index in [4.69, 9.17) is 4.74 Å². The Kier molecular flexibility index (Phi) is 10.9. The van der Waals surface area contributed by atoms with E-state index in [2.05, 4.69) is 31.0 Å². The Hall–Kier alpha value is -3.53. The topological polar surface area (TPSA) is 78.8 Å². The predicted molar refractivity (Wildman–Crippen MR) is 128 cm³/mol. The molecule has 3 aromatic rings. The molecule has 0 fully saturated rings. The Morgan fingerprint density at radius 3 is 2.10 bits per heavy atom. The normalized spacial score (nSPS) is 12.0. The lowest BCUT2D eigenvalue weighted by Gasteiger charge is -2.31. The third kappa shape index (κ3) is 7.09. The highest BCUT2D eigenvalue weighted by atomic mass is 79.9. The molecule has 17 heteroatoms. The van der Waals surface area contributed by atoms with Crippen molar-refractivity contribution in [1.82, 2.24) is 0 Å². The van der Waals surface area contributed by atoms with Crippen molar-refractivity contribution in [2.75, 3.05) is 12.4 Å². The summed E-state index contributed by atoms with van der Waals surface area (Å²) in [6.07, 6.45) is -11.0. The van der Waals surface area contributed by atoms with Crippen LogP contribution in [0.1, 0.15) is 31.8 Å². The van der Waals surface area contributed by atoms with Crippen LogP contribution in [-0.4, -0.2) is 37.8 Å². The number of ketones is 1. The molecule has 1 aromatic heterocycles. The molecule has 1 amide bonds. The summed E-state index contributed by atoms with van der Waals surface area (Å²) in [5.41, 5.74) is -8.66. The number of amides is 1. The SMILES string of the molecule is COc1c(NC(=O)c2cc[nH+]cc2)cccc1C(=O)Cc1c(Br)cc(C(F)(C(F)(F)F)C(F)(F)F)cc1OC(F)F.[Cl-]. The monoisotopic (exact) mass is 694 g/mol. The second-order valence-corrected chi connectivity index (χ2v) is 9.05. The quantitative estimate of drug-likeness (QED) is 0.273. The number of carbonyl (C=O) groups is 2. The number of aromatic amines is 1. The predicted octanol–water partition coefficient (Wildman–Crippen LogP) is 3.84. The van der Waals surface area contributed by atoms with E-state index in [9.17, 15) is 49.1 Å². The number of ether oxygens (including phenoxy) is 2. The third-order valence-corrected chi connectivity index (χ3v) is 6.34. The molecule has 3 rings (SSSR count). The molecule has 42 heavy (non-hydrogen) atoms. The summed E-state index contributed by atoms with van der Waals surface area (Å²) in [6.45, 7) is -3.76. The van der Waals surface area contributed by atoms with Crippen molar-refractivity contribution in [3.8, 4) is 11.5 Å². The van der Waals surface area contributed by atoms with Gasteiger partial charge >= 0.3 is 24.6 Å². The number of halogens is 11. The molecule has 0 unspecified atom stereocenters. The van der Waals surface area contributed by atoms with Crippen LogP contribution >= 0.6 is 15.9 Å². The number of para-hydroxylation sites is 1. The first-order valence-electron chi connectivity index (χ1n) is 11.1. The molecule has 6 nitrogen and oxygen atoms in total. The van der Waals surface area contributed by atoms with Crippen molar-refractivity contribution in [2.24, 2.45) is 0 Å². The fourth-order valence-electron chi connectivity index (χ4n) is 3.73. The van der Waals surface area contributed by atoms with Crippen LogP contribution < -0.4 is 32.2 Å². The number of benzene rings is 2. The minimum Gasteiger partial charge on any atom is -1.00 e. The van der Waals surface area contributed by atoms with E-state index in [0.29, 0.717) is 0 Å². The maximum absolute atomic E-state index is 14.6. The zero-order valence-corrected chi connectivity index (χ0v) is 23.1. The molecule has 1 heterocycles. The highest BCUT2D eigenvalue weighted by Gasteiger charge is 2.73. The van der Waals surface area contributed by atoms with Gasteiger partial charge in [0.2, 0.25) is 0 Å². The van der Waals surface area contributed by atoms with E-state index < -0.39 is 64.1 Å². The number of aromatic nitrogens is 1. The van der Waals surface area contributed by atoms with Gasteiger partial charge in [0.25, 0.3) is 5.91 Å². The van der Waals surface area contributed by atoms with Gasteiger partial charge in [0.15, 0.2) is 23.9 Å². The third-order valence-electron chi connectivity index (χ3n) is 5.64. The minimum absolute atomic E-state index is 0. The first kappa shape index (κ1) is 34.7. The van der Waals surface area contributed by atoms with Gasteiger partial charge in [-0.2, -0.15) is 35.1 Å². The molecule has 0 bridgehead atoms. The Labute approximate surface area is 245 Å². The van der Waals surface area contributed by atoms with E-state index >= 15 is 0 Å². The molecular formula is C25H17BrClF9N2O4. The number of rotatable bonds is 9. The zero-order chi connectivity index (χ0) is 30.8. The highest BCUT2D eigenvalue weighted by molar-refractivity contribution is 9.10. The average Bonchev–Trinajstić information content (AvgIpc) is 2.88. The minimum atomic E-state index is -6.53. The standard InChI is InChI=1S/C25H16BrF9N2O4.ClH/c1-40-20-14(3-2-4-17(20)37-21(39)12-5-7-36-8-6-12)18(38)11-15-16(26)9-13(10-19(15)41-22(27)28)23(29,24(30,31)32)25(33,34)35;/h2-10,22H,11H2,1H3,(H,37,39);1H. The molecule has 0 aliphatic carbocycles. The van der Waals surface area contributed by atoms with E-state index in [1.165, 1.54) is 42.7 Å². The van der Waals surface area contributed by atoms with Gasteiger partial charge in [-0.3, -0.25) is 9.59 Å². The van der Waals surface area contributed by atoms with Crippen LogP contribution in [0.2, 0.25) is 0 Å². The van der Waals surface area contributed by atoms with E-state index in [1.54, 1.807) is 0 Å². The molecule has 0 atom stereocenters. The number of nitrogens with one attached hydrogen (secondary N) is 2. The van der Waals surface area contributed by atoms with Crippen LogP contribution in [0, 0.1) is 0 Å². The second-order valence-electron chi connectivity index (χ2n) is 8.20. The van der Waals surface area contributed by atoms with Crippen LogP contribution in [-0.2, 0) is 12.1 Å². The Morgan fingerprint density at radius 1 is 0.976 bits per heavy atom. The molecular weight excluding hydrogens is 679 g/mol. The van der Waals surface area contributed by atoms with E-state index in [1.807, 2.05) is 0 Å². The molecule has 0 radical (unpaired) electrons. The van der Waals surface area contributed by atoms with Gasteiger partial charge in [-0.25, -0.2) is 9.37 Å². The zero-order valence-electron chi connectivity index (χ0n) is 20.8. The summed E-state index contributed by atoms with van der Waals surface area (Å²) in [7, 11) is 1.14. The van der Waals surface area contributed by atoms with Crippen molar-refractivity contribution >= 4 is 33.3 Å². The fourth-order valence-corrected chi connectivity index (χ4v) is 4.32. The van der Waals surface area contributed by atoms with Crippen molar-refractivity contribution in [2.45, 2.75) is 31.1 Å². The first-order valence-corrected chi connectivity index (χ1v) is 11.9. The molecule has 0 aliphatic heterocycles. The number of H-pyrrole nitrogens is 1. The maximum atomic E-state index is 14.6. The number of hydrogen-bond donors (Lipinski definition) is 1. The Bertz CT molecular complexity index is 1420. The van der Waals surface area contributed by atoms with Gasteiger partial charge in [-0.05, 0) is 24.3 Å². The Balaban J connectivity index is 0.00000616. The van der Waals surface area contributed by atoms with Gasteiger partial charge in [0, 0.05) is 34.2 Å². The molecule has 0 saturated carbocycles. The van der Waals surface area contributed by atoms with E-state index in [-0.39, 0.29) is 47.1 Å². The van der Waals surface area contributed by atoms with Gasteiger partial charge in [0.1, 0.15) is 5.75 Å². The smallest absolute Gasteiger partial charge is 0.435 e. The second kappa shape index (κ2) is 13.2. The van der Waals surface area contributed by atoms with Gasteiger partial charge in [0.05, 0.1) is 23.9 Å². The summed E-state index contributed by atoms with van der Waals surface area (Å²) in [6, 6.07) is 6.69. The van der Waals surface area contributed by atoms with Crippen LogP contribution in [0.5, 0.6) is 11.5 Å². The van der Waals surface area contributed by atoms with Crippen molar-refractivity contribution < 1.29 is 76.0 Å². The largest absolute Gasteiger partial charge is 1.00 e. The number of methoxy groups -OCH3 is 1. The van der Waals surface area contributed by atoms with Crippen LogP contribution in [0.4, 0.5) is 45.2 Å². The van der Waals surface area contributed by atoms with Crippen LogP contribution in [0.25, 0.3) is 0 Å². The highest BCUT2D eigenvalue weighted by Crippen LogP contribution is 2.54. The van der Waals surface area contributed by atoms with Gasteiger partial charge in [-0.15, -0.1) is 0 Å². The lowest BCUT2D eigenvalue weighted by molar-refractivity contribution is -0.378. The maximum Gasteiger partial charge on any atom is 0.435 e. The number of hydrogen-bond acceptors (Lipinski definition) is 4. The van der Waals surface area contributed by atoms with Crippen LogP contribution in [0.15, 0.2) is 59.3 Å². The summed E-state index contributed by atoms with van der Waals surface area (Å²) in [4.78, 5) is 28.5. The van der Waals surface area contributed by atoms with Crippen molar-refractivity contribution in [3.05, 3.63) is 81.6 Å². The van der Waals surface area contributed by atoms with Crippen molar-refractivity contribution in [3.63, 3.8) is 0 Å². The number of alkyl halides is 9. The molecule has 0 aliphatic rings. The molecule has 0 spiro atoms. The first-order chi connectivity index (χ1) is 19.0. The molecule has 2 aromatic carbocycles. The number of carbonyl (C=O) groups excluding carboxylic acids is 2. The van der Waals surface area contributed by atoms with Gasteiger partial charge < -0.3 is 27.2 Å². The summed E-state index contributed by atoms with van der Waals surface area (Å²) < 4.78 is 129. The molecule has 228 valence electrons. The number of anilines is 1. The van der Waals surface area contributed by atoms with Crippen molar-refractivity contribution in [1.29, 1.82) is 0 Å². The van der Waals surface area contributed by atoms with E-state index in [0.717, 1.165) is 7.11 Å². The lowest BCUT2D eigenvalue weighted by atomic mass is 9.91. The molecule has 2 N–H and O–H groups in total.